The molecule has 7 nitrogen and oxygen atoms in total. The van der Waals surface area contributed by atoms with Crippen LogP contribution in [0.25, 0.3) is 0 Å². The smallest absolute Gasteiger partial charge is 0.311 e. The maximum Gasteiger partial charge on any atom is 0.311 e. The van der Waals surface area contributed by atoms with Crippen molar-refractivity contribution in [2.45, 2.75) is 12.2 Å². The van der Waals surface area contributed by atoms with Gasteiger partial charge in [-0.25, -0.2) is 4.98 Å². The molecule has 2 aliphatic rings. The molecule has 0 aliphatic carbocycles. The van der Waals surface area contributed by atoms with Crippen LogP contribution < -0.4 is 4.90 Å². The molecule has 1 fully saturated rings. The van der Waals surface area contributed by atoms with Crippen LogP contribution in [0.2, 0.25) is 0 Å². The van der Waals surface area contributed by atoms with Crippen LogP contribution in [0.15, 0.2) is 23.3 Å². The van der Waals surface area contributed by atoms with Crippen molar-refractivity contribution in [3.63, 3.8) is 0 Å². The third kappa shape index (κ3) is 2.94. The van der Waals surface area contributed by atoms with E-state index < -0.39 is 0 Å². The first-order valence-corrected chi connectivity index (χ1v) is 7.83. The Morgan fingerprint density at radius 2 is 2.05 bits per heavy atom. The summed E-state index contributed by atoms with van der Waals surface area (Å²) in [7, 11) is 0. The van der Waals surface area contributed by atoms with Gasteiger partial charge < -0.3 is 9.80 Å². The van der Waals surface area contributed by atoms with Gasteiger partial charge in [-0.2, -0.15) is 0 Å². The quantitative estimate of drug-likeness (QED) is 0.610. The lowest BCUT2D eigenvalue weighted by atomic mass is 10.3. The molecule has 2 aliphatic heterocycles. The maximum atomic E-state index is 11.1. The largest absolute Gasteiger partial charge is 0.348 e. The number of nitrogens with zero attached hydrogens (tertiary/aromatic N) is 5. The normalized spacial score (nSPS) is 22.3. The Kier molecular flexibility index (Phi) is 3.96. The molecule has 0 aromatic carbocycles. The second-order valence-corrected chi connectivity index (χ2v) is 6.53. The van der Waals surface area contributed by atoms with Gasteiger partial charge in [0.05, 0.1) is 11.5 Å². The third-order valence-electron chi connectivity index (χ3n) is 3.60. The average molecular weight is 307 g/mol. The van der Waals surface area contributed by atoms with Gasteiger partial charge >= 0.3 is 5.69 Å². The number of piperazine rings is 1. The van der Waals surface area contributed by atoms with Crippen molar-refractivity contribution < 1.29 is 4.92 Å². The number of hydrogen-bond acceptors (Lipinski definition) is 7. The summed E-state index contributed by atoms with van der Waals surface area (Å²) >= 11 is 1.81. The highest BCUT2D eigenvalue weighted by molar-refractivity contribution is 8.14. The summed E-state index contributed by atoms with van der Waals surface area (Å²) in [6.07, 6.45) is 1.60. The van der Waals surface area contributed by atoms with Gasteiger partial charge in [0.15, 0.2) is 5.17 Å². The number of aromatic nitrogens is 1. The zero-order valence-electron chi connectivity index (χ0n) is 11.8. The third-order valence-corrected chi connectivity index (χ3v) is 4.75. The molecule has 21 heavy (non-hydrogen) atoms. The van der Waals surface area contributed by atoms with Gasteiger partial charge in [0, 0.05) is 43.7 Å². The van der Waals surface area contributed by atoms with Crippen LogP contribution >= 0.6 is 11.8 Å². The Bertz CT molecular complexity index is 571. The summed E-state index contributed by atoms with van der Waals surface area (Å²) in [4.78, 5) is 23.7. The molecule has 0 unspecified atom stereocenters. The minimum Gasteiger partial charge on any atom is -0.348 e. The minimum atomic E-state index is -0.368. The van der Waals surface area contributed by atoms with Crippen LogP contribution in [-0.2, 0) is 0 Å². The summed E-state index contributed by atoms with van der Waals surface area (Å²) in [5, 5.41) is 12.7. The van der Waals surface area contributed by atoms with Crippen LogP contribution in [0.5, 0.6) is 0 Å². The molecule has 1 aromatic rings. The average Bonchev–Trinajstić information content (AvgIpc) is 2.94. The van der Waals surface area contributed by atoms with E-state index in [1.807, 2.05) is 16.7 Å². The Morgan fingerprint density at radius 1 is 1.33 bits per heavy atom. The molecule has 1 atom stereocenters. The van der Waals surface area contributed by atoms with Gasteiger partial charge in [-0.15, -0.1) is 0 Å². The lowest BCUT2D eigenvalue weighted by Gasteiger charge is -2.35. The second kappa shape index (κ2) is 5.88. The first-order chi connectivity index (χ1) is 10.1. The first kappa shape index (κ1) is 14.1. The van der Waals surface area contributed by atoms with Crippen molar-refractivity contribution in [3.8, 4) is 0 Å². The van der Waals surface area contributed by atoms with Gasteiger partial charge in [-0.3, -0.25) is 15.1 Å². The van der Waals surface area contributed by atoms with Crippen molar-refractivity contribution in [1.82, 2.24) is 9.88 Å². The van der Waals surface area contributed by atoms with E-state index in [0.717, 1.165) is 37.9 Å². The zero-order chi connectivity index (χ0) is 14.8. The topological polar surface area (TPSA) is 74.9 Å². The Balaban J connectivity index is 1.68. The molecular formula is C13H17N5O2S. The number of amidine groups is 1. The molecule has 112 valence electrons. The van der Waals surface area contributed by atoms with Crippen molar-refractivity contribution in [2.75, 3.05) is 37.6 Å². The van der Waals surface area contributed by atoms with Crippen molar-refractivity contribution in [1.29, 1.82) is 0 Å². The molecule has 0 radical (unpaired) electrons. The number of aliphatic imine (C=N–C) groups is 1. The molecule has 0 saturated carbocycles. The highest BCUT2D eigenvalue weighted by Gasteiger charge is 2.28. The van der Waals surface area contributed by atoms with Gasteiger partial charge in [-0.05, 0) is 6.07 Å². The molecule has 1 aromatic heterocycles. The lowest BCUT2D eigenvalue weighted by molar-refractivity contribution is -0.384. The molecular weight excluding hydrogens is 290 g/mol. The van der Waals surface area contributed by atoms with E-state index >= 15 is 0 Å². The van der Waals surface area contributed by atoms with Gasteiger partial charge in [0.2, 0.25) is 5.82 Å². The number of hydrogen-bond donors (Lipinski definition) is 0. The zero-order valence-corrected chi connectivity index (χ0v) is 12.6. The molecule has 3 rings (SSSR count). The standard InChI is InChI=1S/C13H17N5O2S/c1-10-9-15-13(21-10)17-7-5-16(6-8-17)12-11(18(19)20)3-2-4-14-12/h2-4,10H,5-9H2,1H3/t10-/m1/s1. The fourth-order valence-corrected chi connectivity index (χ4v) is 3.51. The SMILES string of the molecule is C[C@@H]1CN=C(N2CCN(c3ncccc3[N+](=O)[O-])CC2)S1. The number of anilines is 1. The van der Waals surface area contributed by atoms with Crippen LogP contribution in [0.3, 0.4) is 0 Å². The van der Waals surface area contributed by atoms with Crippen molar-refractivity contribution in [3.05, 3.63) is 28.4 Å². The van der Waals surface area contributed by atoms with Crippen LogP contribution in [-0.4, -0.2) is 57.9 Å². The predicted octanol–water partition coefficient (Wildman–Crippen LogP) is 1.60. The number of thioether (sulfide) groups is 1. The maximum absolute atomic E-state index is 11.1. The van der Waals surface area contributed by atoms with Crippen molar-refractivity contribution in [2.24, 2.45) is 4.99 Å². The molecule has 0 N–H and O–H groups in total. The molecule has 0 amide bonds. The van der Waals surface area contributed by atoms with Gasteiger partial charge in [0.1, 0.15) is 0 Å². The summed E-state index contributed by atoms with van der Waals surface area (Å²) in [6, 6.07) is 3.11. The molecule has 0 spiro atoms. The summed E-state index contributed by atoms with van der Waals surface area (Å²) in [5.74, 6) is 0.469. The Morgan fingerprint density at radius 3 is 2.67 bits per heavy atom. The molecule has 1 saturated heterocycles. The Hall–Kier alpha value is -1.83. The lowest BCUT2D eigenvalue weighted by Crippen LogP contribution is -2.48. The van der Waals surface area contributed by atoms with E-state index in [2.05, 4.69) is 21.8 Å². The van der Waals surface area contributed by atoms with Gasteiger partial charge in [0.25, 0.3) is 0 Å². The van der Waals surface area contributed by atoms with E-state index in [-0.39, 0.29) is 10.6 Å². The predicted molar refractivity (Wildman–Crippen MR) is 84.0 cm³/mol. The van der Waals surface area contributed by atoms with E-state index in [1.54, 1.807) is 12.3 Å². The number of pyridine rings is 1. The van der Waals surface area contributed by atoms with E-state index in [9.17, 15) is 10.1 Å². The van der Waals surface area contributed by atoms with Crippen molar-refractivity contribution >= 4 is 28.4 Å². The summed E-state index contributed by atoms with van der Waals surface area (Å²) in [5.41, 5.74) is 0.0761. The number of nitro groups is 1. The summed E-state index contributed by atoms with van der Waals surface area (Å²) in [6.45, 7) is 6.16. The van der Waals surface area contributed by atoms with Crippen LogP contribution in [0.1, 0.15) is 6.92 Å². The number of rotatable bonds is 2. The Labute approximate surface area is 127 Å². The van der Waals surface area contributed by atoms with Crippen LogP contribution in [0, 0.1) is 10.1 Å². The van der Waals surface area contributed by atoms with E-state index in [0.29, 0.717) is 11.1 Å². The van der Waals surface area contributed by atoms with E-state index in [4.69, 9.17) is 0 Å². The highest BCUT2D eigenvalue weighted by atomic mass is 32.2. The molecule has 8 heteroatoms. The van der Waals surface area contributed by atoms with E-state index in [1.165, 1.54) is 6.07 Å². The fourth-order valence-electron chi connectivity index (χ4n) is 2.52. The minimum absolute atomic E-state index is 0.0761. The first-order valence-electron chi connectivity index (χ1n) is 6.95. The monoisotopic (exact) mass is 307 g/mol. The summed E-state index contributed by atoms with van der Waals surface area (Å²) < 4.78 is 0. The highest BCUT2D eigenvalue weighted by Crippen LogP contribution is 2.28. The fraction of sp³-hybridized carbons (Fsp3) is 0.538. The second-order valence-electron chi connectivity index (χ2n) is 5.13. The molecule has 0 bridgehead atoms. The molecule has 3 heterocycles. The van der Waals surface area contributed by atoms with Gasteiger partial charge in [-0.1, -0.05) is 18.7 Å². The van der Waals surface area contributed by atoms with Crippen LogP contribution in [0.4, 0.5) is 11.5 Å².